The fourth-order valence-electron chi connectivity index (χ4n) is 8.48. The molecular formula is C51H12BF31. The molecule has 32 heteroatoms. The molecule has 0 atom stereocenters. The summed E-state index contributed by atoms with van der Waals surface area (Å²) in [7, 11) is 0. The van der Waals surface area contributed by atoms with Crippen molar-refractivity contribution >= 4 is 51.3 Å². The van der Waals surface area contributed by atoms with Gasteiger partial charge in [0.15, 0.2) is 46.5 Å². The predicted molar refractivity (Wildman–Crippen MR) is 230 cm³/mol. The Kier molecular flexibility index (Phi) is 18.3. The second-order valence-corrected chi connectivity index (χ2v) is 16.2. The molecule has 436 valence electrons. The van der Waals surface area contributed by atoms with E-state index in [2.05, 4.69) is 0 Å². The number of rotatable bonds is 11. The molecule has 0 aliphatic carbocycles. The highest BCUT2D eigenvalue weighted by Crippen LogP contribution is 2.39. The summed E-state index contributed by atoms with van der Waals surface area (Å²) >= 11 is 0. The summed E-state index contributed by atoms with van der Waals surface area (Å²) in [6.07, 6.45) is -24.2. The van der Waals surface area contributed by atoms with Gasteiger partial charge in [0.25, 0.3) is 0 Å². The molecule has 0 saturated heterocycles. The highest BCUT2D eigenvalue weighted by atomic mass is 19.3. The van der Waals surface area contributed by atoms with Crippen molar-refractivity contribution in [3.05, 3.63) is 253 Å². The highest BCUT2D eigenvalue weighted by Gasteiger charge is 2.53. The molecule has 0 aliphatic heterocycles. The van der Waals surface area contributed by atoms with Crippen LogP contribution in [0.25, 0.3) is 23.3 Å². The van der Waals surface area contributed by atoms with Crippen LogP contribution in [-0.4, -0.2) is 6.15 Å². The van der Waals surface area contributed by atoms with Crippen LogP contribution in [0.2, 0.25) is 0 Å². The van der Waals surface area contributed by atoms with Gasteiger partial charge in [-0.3, -0.25) is 0 Å². The van der Waals surface area contributed by atoms with E-state index in [1.54, 1.807) is 36.4 Å². The van der Waals surface area contributed by atoms with E-state index >= 15 is 70.2 Å². The van der Waals surface area contributed by atoms with Crippen LogP contribution in [0.3, 0.4) is 0 Å². The zero-order valence-corrected chi connectivity index (χ0v) is 38.7. The summed E-state index contributed by atoms with van der Waals surface area (Å²) < 4.78 is 454. The Hall–Kier alpha value is -8.74. The van der Waals surface area contributed by atoms with E-state index in [-0.39, 0.29) is 17.5 Å². The summed E-state index contributed by atoms with van der Waals surface area (Å²) in [5, 5.41) is 0. The molecule has 0 N–H and O–H groups in total. The second-order valence-electron chi connectivity index (χ2n) is 16.2. The molecule has 0 spiro atoms. The number of benzene rings is 7. The van der Waals surface area contributed by atoms with E-state index in [1.807, 2.05) is 0 Å². The van der Waals surface area contributed by atoms with Crippen molar-refractivity contribution in [2.75, 3.05) is 0 Å². The van der Waals surface area contributed by atoms with Crippen LogP contribution < -0.4 is 21.9 Å². The Morgan fingerprint density at radius 3 is 0.494 bits per heavy atom. The molecule has 83 heavy (non-hydrogen) atoms. The van der Waals surface area contributed by atoms with Crippen LogP contribution in [-0.2, 0) is 0 Å². The first-order chi connectivity index (χ1) is 38.6. The topological polar surface area (TPSA) is 0 Å². The van der Waals surface area contributed by atoms with Crippen molar-refractivity contribution in [1.29, 1.82) is 0 Å². The molecule has 0 saturated carbocycles. The smallest absolute Gasteiger partial charge is 0.207 e. The summed E-state index contributed by atoms with van der Waals surface area (Å²) in [5.74, 6) is -81.4. The number of hydrogen-bond acceptors (Lipinski definition) is 0. The average molecular weight is 1220 g/mol. The van der Waals surface area contributed by atoms with E-state index in [4.69, 9.17) is 0 Å². The van der Waals surface area contributed by atoms with E-state index in [9.17, 15) is 65.9 Å². The lowest BCUT2D eigenvalue weighted by atomic mass is 9.12. The molecule has 0 bridgehead atoms. The maximum Gasteiger partial charge on any atom is 0.306 e. The van der Waals surface area contributed by atoms with Crippen molar-refractivity contribution in [3.63, 3.8) is 0 Å². The van der Waals surface area contributed by atoms with Gasteiger partial charge in [-0.2, -0.15) is 35.1 Å². The molecular weight excluding hydrogens is 1210 g/mol. The third kappa shape index (κ3) is 10.8. The third-order valence-electron chi connectivity index (χ3n) is 11.9. The van der Waals surface area contributed by atoms with E-state index in [0.717, 1.165) is 22.6 Å². The van der Waals surface area contributed by atoms with E-state index in [0.29, 0.717) is 0 Å². The largest absolute Gasteiger partial charge is 0.306 e. The van der Waals surface area contributed by atoms with Gasteiger partial charge in [-0.15, -0.1) is 21.9 Å². The molecule has 7 aromatic carbocycles. The van der Waals surface area contributed by atoms with Crippen LogP contribution in [0.15, 0.2) is 97.1 Å². The summed E-state index contributed by atoms with van der Waals surface area (Å²) in [4.78, 5) is 0. The van der Waals surface area contributed by atoms with Gasteiger partial charge in [-0.1, -0.05) is 0 Å². The first-order valence-electron chi connectivity index (χ1n) is 21.2. The molecule has 0 aliphatic rings. The Labute approximate surface area is 439 Å². The minimum atomic E-state index is -8.01. The fourth-order valence-corrected chi connectivity index (χ4v) is 8.48. The van der Waals surface area contributed by atoms with Gasteiger partial charge >= 0.3 is 24.3 Å². The van der Waals surface area contributed by atoms with Gasteiger partial charge in [0.1, 0.15) is 70.1 Å². The lowest BCUT2D eigenvalue weighted by Gasteiger charge is -2.45. The van der Waals surface area contributed by atoms with Gasteiger partial charge in [0, 0.05) is 0 Å². The second kappa shape index (κ2) is 24.0. The summed E-state index contributed by atoms with van der Waals surface area (Å²) in [6, 6.07) is 18.1. The van der Waals surface area contributed by atoms with Gasteiger partial charge in [0.05, 0.1) is 44.9 Å². The highest BCUT2D eigenvalue weighted by molar-refractivity contribution is 7.20. The van der Waals surface area contributed by atoms with Gasteiger partial charge in [-0.25, -0.2) is 101 Å². The quantitative estimate of drug-likeness (QED) is 0.0398. The molecule has 0 radical (unpaired) electrons. The van der Waals surface area contributed by atoms with Crippen molar-refractivity contribution in [1.82, 2.24) is 0 Å². The van der Waals surface area contributed by atoms with Crippen LogP contribution >= 0.6 is 0 Å². The Balaban J connectivity index is 0.000000415. The molecule has 0 aromatic heterocycles. The van der Waals surface area contributed by atoms with Crippen LogP contribution in [0.5, 0.6) is 0 Å². The molecule has 0 fully saturated rings. The summed E-state index contributed by atoms with van der Waals surface area (Å²) in [5.41, 5.74) is -28.2. The zero-order chi connectivity index (χ0) is 62.5. The Morgan fingerprint density at radius 1 is 0.217 bits per heavy atom. The van der Waals surface area contributed by atoms with Crippen molar-refractivity contribution < 1.29 is 136 Å². The monoisotopic (exact) mass is 1220 g/mol. The maximum atomic E-state index is 16.2. The van der Waals surface area contributed by atoms with Crippen LogP contribution in [0, 0.1) is 116 Å². The molecule has 0 unspecified atom stereocenters. The van der Waals surface area contributed by atoms with Gasteiger partial charge in [-0.05, 0) is 72.8 Å². The minimum absolute atomic E-state index is 0.332. The normalized spacial score (nSPS) is 11.3. The third-order valence-corrected chi connectivity index (χ3v) is 11.9. The lowest BCUT2D eigenvalue weighted by Crippen LogP contribution is -2.81. The van der Waals surface area contributed by atoms with Crippen molar-refractivity contribution in [2.45, 2.75) is 0 Å². The zero-order valence-electron chi connectivity index (χ0n) is 38.7. The SMILES string of the molecule is FC(F)=C(F)c1c(F)c(F)c([B-](c2c(F)c(F)c(C(F)=C(F)F)c(F)c2F)(c2c(F)c(F)c(C(F)=C(F)F)c(F)c2F)c2c(F)c(F)c(C(F)=C(F)F)c(F)c2F)c(F)c1F.Fc1ccc([C+](c2ccc(F)cc2)c2ccc(F)cc2)cc1. The minimum Gasteiger partial charge on any atom is -0.207 e. The van der Waals surface area contributed by atoms with Crippen molar-refractivity contribution in [2.24, 2.45) is 0 Å². The molecule has 7 aromatic rings. The molecule has 0 nitrogen and oxygen atoms in total. The Morgan fingerprint density at radius 2 is 0.361 bits per heavy atom. The first kappa shape index (κ1) is 63.4. The van der Waals surface area contributed by atoms with Gasteiger partial charge in [0.2, 0.25) is 23.3 Å². The average Bonchev–Trinajstić information content (AvgIpc) is 2.00. The predicted octanol–water partition coefficient (Wildman–Crippen LogP) is 16.6. The fraction of sp³-hybridized carbons (Fsp3) is 0. The lowest BCUT2D eigenvalue weighted by molar-refractivity contribution is 0.402. The first-order valence-corrected chi connectivity index (χ1v) is 21.2. The number of hydrogen-bond donors (Lipinski definition) is 0. The van der Waals surface area contributed by atoms with E-state index < -0.39 is 191 Å². The van der Waals surface area contributed by atoms with Gasteiger partial charge < -0.3 is 0 Å². The Bertz CT molecular complexity index is 3290. The molecule has 7 rings (SSSR count). The van der Waals surface area contributed by atoms with Crippen LogP contribution in [0.4, 0.5) is 136 Å². The number of halogens is 31. The van der Waals surface area contributed by atoms with E-state index in [1.165, 1.54) is 36.4 Å². The van der Waals surface area contributed by atoms with Crippen LogP contribution in [0.1, 0.15) is 38.9 Å². The van der Waals surface area contributed by atoms with Crippen molar-refractivity contribution in [3.8, 4) is 0 Å². The molecule has 0 amide bonds. The molecule has 0 heterocycles. The standard InChI is InChI=1S/C32BF28.C19H12F3/c34-9-1(17(42)29(54)55)10(35)22(47)5(21(9)46)33(6-23(48)11(36)2(12(37)24(6)49)18(43)30(56)57,7-25(50)13(38)3(14(39)26(7)51)19(44)31(58)59)8-27(52)15(40)4(16(41)28(8)53)20(45)32(60)61;20-16-7-1-13(2-8-16)19(14-3-9-17(21)10-4-14)15-5-11-18(22)12-6-15/h;1-12H/q-1;+1. The summed E-state index contributed by atoms with van der Waals surface area (Å²) in [6.45, 7) is 0. The maximum absolute atomic E-state index is 16.2.